The van der Waals surface area contributed by atoms with Gasteiger partial charge in [0.2, 0.25) is 0 Å². The van der Waals surface area contributed by atoms with Crippen LogP contribution in [-0.2, 0) is 0 Å². The third-order valence-corrected chi connectivity index (χ3v) is 4.09. The number of amides is 1. The predicted octanol–water partition coefficient (Wildman–Crippen LogP) is 3.72. The molecule has 3 rings (SSSR count). The number of ether oxygens (including phenoxy) is 1. The summed E-state index contributed by atoms with van der Waals surface area (Å²) in [6.07, 6.45) is 0. The fourth-order valence-electron chi connectivity index (χ4n) is 2.33. The van der Waals surface area contributed by atoms with E-state index in [2.05, 4.69) is 21.2 Å². The number of fused-ring (bicyclic) bond motifs is 1. The van der Waals surface area contributed by atoms with Crippen molar-refractivity contribution in [3.63, 3.8) is 0 Å². The summed E-state index contributed by atoms with van der Waals surface area (Å²) < 4.78 is 11.0. The van der Waals surface area contributed by atoms with Gasteiger partial charge in [0.1, 0.15) is 5.56 Å². The van der Waals surface area contributed by atoms with Crippen molar-refractivity contribution < 1.29 is 18.9 Å². The molecule has 0 bridgehead atoms. The maximum Gasteiger partial charge on any atom is 0.349 e. The molecule has 0 aliphatic carbocycles. The molecule has 0 aliphatic rings. The average molecular weight is 419 g/mol. The Hall–Kier alpha value is -3.20. The van der Waals surface area contributed by atoms with Gasteiger partial charge < -0.3 is 14.5 Å². The van der Waals surface area contributed by atoms with Crippen molar-refractivity contribution in [2.24, 2.45) is 0 Å². The lowest BCUT2D eigenvalue weighted by Gasteiger charge is -2.07. The molecule has 1 N–H and O–H groups in total. The summed E-state index contributed by atoms with van der Waals surface area (Å²) in [6, 6.07) is 10.4. The molecule has 3 aromatic rings. The molecular weight excluding hydrogens is 408 g/mol. The van der Waals surface area contributed by atoms with E-state index in [9.17, 15) is 19.7 Å². The predicted molar refractivity (Wildman–Crippen MR) is 97.8 cm³/mol. The minimum Gasteiger partial charge on any atom is -0.493 e. The first-order chi connectivity index (χ1) is 12.4. The van der Waals surface area contributed by atoms with Crippen molar-refractivity contribution in [3.8, 4) is 5.75 Å². The van der Waals surface area contributed by atoms with Crippen LogP contribution in [0.15, 0.2) is 56.1 Å². The van der Waals surface area contributed by atoms with Crippen molar-refractivity contribution in [3.05, 3.63) is 73.0 Å². The second-order valence-corrected chi connectivity index (χ2v) is 6.15. The fourth-order valence-corrected chi connectivity index (χ4v) is 2.60. The number of nitrogens with zero attached hydrogens (tertiary/aromatic N) is 1. The number of hydrogen-bond acceptors (Lipinski definition) is 6. The van der Waals surface area contributed by atoms with E-state index in [0.717, 1.165) is 10.5 Å². The monoisotopic (exact) mass is 418 g/mol. The van der Waals surface area contributed by atoms with Gasteiger partial charge in [0.05, 0.1) is 18.1 Å². The van der Waals surface area contributed by atoms with Crippen LogP contribution in [0.3, 0.4) is 0 Å². The highest BCUT2D eigenvalue weighted by Gasteiger charge is 2.19. The molecule has 1 aromatic heterocycles. The standard InChI is InChI=1S/C17H11BrN2O6/c1-25-14-8-12(20(23)24)6-9-7-13(17(22)26-15(9)14)16(21)19-11-4-2-10(18)3-5-11/h2-8H,1H3,(H,19,21). The molecule has 132 valence electrons. The summed E-state index contributed by atoms with van der Waals surface area (Å²) in [4.78, 5) is 35.0. The van der Waals surface area contributed by atoms with Gasteiger partial charge >= 0.3 is 5.63 Å². The van der Waals surface area contributed by atoms with Crippen molar-refractivity contribution >= 4 is 44.2 Å². The lowest BCUT2D eigenvalue weighted by atomic mass is 10.1. The lowest BCUT2D eigenvalue weighted by molar-refractivity contribution is -0.384. The highest BCUT2D eigenvalue weighted by atomic mass is 79.9. The van der Waals surface area contributed by atoms with Crippen molar-refractivity contribution in [1.82, 2.24) is 0 Å². The number of halogens is 1. The minimum absolute atomic E-state index is 0.0308. The van der Waals surface area contributed by atoms with Gasteiger partial charge in [-0.2, -0.15) is 0 Å². The van der Waals surface area contributed by atoms with Gasteiger partial charge in [-0.05, 0) is 30.3 Å². The third kappa shape index (κ3) is 3.42. The summed E-state index contributed by atoms with van der Waals surface area (Å²) >= 11 is 3.28. The molecule has 0 aliphatic heterocycles. The van der Waals surface area contributed by atoms with Crippen LogP contribution in [-0.4, -0.2) is 17.9 Å². The van der Waals surface area contributed by atoms with Gasteiger partial charge in [0.15, 0.2) is 11.3 Å². The second-order valence-electron chi connectivity index (χ2n) is 5.23. The number of hydrogen-bond donors (Lipinski definition) is 1. The van der Waals surface area contributed by atoms with Crippen LogP contribution >= 0.6 is 15.9 Å². The molecule has 9 heteroatoms. The Morgan fingerprint density at radius 2 is 1.92 bits per heavy atom. The van der Waals surface area contributed by atoms with Gasteiger partial charge in [0, 0.05) is 21.6 Å². The number of non-ortho nitro benzene ring substituents is 1. The number of carbonyl (C=O) groups excluding carboxylic acids is 1. The molecule has 0 fully saturated rings. The highest BCUT2D eigenvalue weighted by molar-refractivity contribution is 9.10. The van der Waals surface area contributed by atoms with Crippen LogP contribution in [0, 0.1) is 10.1 Å². The van der Waals surface area contributed by atoms with Crippen LogP contribution in [0.25, 0.3) is 11.0 Å². The Kier molecular flexibility index (Phi) is 4.72. The largest absolute Gasteiger partial charge is 0.493 e. The Labute approximate surface area is 154 Å². The van der Waals surface area contributed by atoms with Crippen LogP contribution < -0.4 is 15.7 Å². The first-order valence-corrected chi connectivity index (χ1v) is 8.05. The van der Waals surface area contributed by atoms with Crippen LogP contribution in [0.2, 0.25) is 0 Å². The Bertz CT molecular complexity index is 1080. The third-order valence-electron chi connectivity index (χ3n) is 3.56. The first-order valence-electron chi connectivity index (χ1n) is 7.26. The quantitative estimate of drug-likeness (QED) is 0.392. The molecule has 0 saturated carbocycles. The number of carbonyl (C=O) groups is 1. The number of nitrogens with one attached hydrogen (secondary N) is 1. The molecule has 0 spiro atoms. The van der Waals surface area contributed by atoms with Gasteiger partial charge in [-0.15, -0.1) is 0 Å². The van der Waals surface area contributed by atoms with Crippen molar-refractivity contribution in [2.75, 3.05) is 12.4 Å². The number of benzene rings is 2. The van der Waals surface area contributed by atoms with E-state index >= 15 is 0 Å². The van der Waals surface area contributed by atoms with Crippen LogP contribution in [0.4, 0.5) is 11.4 Å². The van der Waals surface area contributed by atoms with E-state index in [1.54, 1.807) is 24.3 Å². The molecule has 2 aromatic carbocycles. The summed E-state index contributed by atoms with van der Waals surface area (Å²) in [5, 5.41) is 13.8. The van der Waals surface area contributed by atoms with Gasteiger partial charge in [-0.3, -0.25) is 14.9 Å². The maximum atomic E-state index is 12.4. The smallest absolute Gasteiger partial charge is 0.349 e. The van der Waals surface area contributed by atoms with E-state index in [1.807, 2.05) is 0 Å². The molecule has 0 atom stereocenters. The first kappa shape index (κ1) is 17.6. The van der Waals surface area contributed by atoms with Gasteiger partial charge in [0.25, 0.3) is 11.6 Å². The van der Waals surface area contributed by atoms with Crippen LogP contribution in [0.1, 0.15) is 10.4 Å². The zero-order valence-corrected chi connectivity index (χ0v) is 14.9. The normalized spacial score (nSPS) is 10.5. The Morgan fingerprint density at radius 1 is 1.23 bits per heavy atom. The lowest BCUT2D eigenvalue weighted by Crippen LogP contribution is -2.20. The van der Waals surface area contributed by atoms with Crippen molar-refractivity contribution in [2.45, 2.75) is 0 Å². The van der Waals surface area contributed by atoms with Gasteiger partial charge in [-0.25, -0.2) is 4.79 Å². The van der Waals surface area contributed by atoms with Crippen molar-refractivity contribution in [1.29, 1.82) is 0 Å². The molecule has 8 nitrogen and oxygen atoms in total. The van der Waals surface area contributed by atoms with Gasteiger partial charge in [-0.1, -0.05) is 15.9 Å². The highest BCUT2D eigenvalue weighted by Crippen LogP contribution is 2.30. The second kappa shape index (κ2) is 6.96. The topological polar surface area (TPSA) is 112 Å². The number of nitro benzene ring substituents is 1. The maximum absolute atomic E-state index is 12.4. The number of methoxy groups -OCH3 is 1. The van der Waals surface area contributed by atoms with E-state index < -0.39 is 16.5 Å². The minimum atomic E-state index is -0.876. The molecule has 26 heavy (non-hydrogen) atoms. The number of nitro groups is 1. The molecule has 0 saturated heterocycles. The molecule has 0 unspecified atom stereocenters. The zero-order valence-electron chi connectivity index (χ0n) is 13.3. The average Bonchev–Trinajstić information content (AvgIpc) is 2.62. The van der Waals surface area contributed by atoms with E-state index in [-0.39, 0.29) is 28.0 Å². The summed E-state index contributed by atoms with van der Waals surface area (Å²) in [7, 11) is 1.30. The summed E-state index contributed by atoms with van der Waals surface area (Å²) in [6.45, 7) is 0. The fraction of sp³-hybridized carbons (Fsp3) is 0.0588. The summed E-state index contributed by atoms with van der Waals surface area (Å²) in [5.74, 6) is -0.653. The Balaban J connectivity index is 2.07. The Morgan fingerprint density at radius 3 is 2.54 bits per heavy atom. The number of anilines is 1. The molecule has 0 radical (unpaired) electrons. The van der Waals surface area contributed by atoms with Crippen LogP contribution in [0.5, 0.6) is 5.75 Å². The molecular formula is C17H11BrN2O6. The van der Waals surface area contributed by atoms with E-state index in [0.29, 0.717) is 5.69 Å². The molecule has 1 heterocycles. The number of rotatable bonds is 4. The molecule has 1 amide bonds. The SMILES string of the molecule is COc1cc([N+](=O)[O-])cc2cc(C(=O)Nc3ccc(Br)cc3)c(=O)oc12. The zero-order chi connectivity index (χ0) is 18.8. The van der Waals surface area contributed by atoms with E-state index in [4.69, 9.17) is 9.15 Å². The van der Waals surface area contributed by atoms with E-state index in [1.165, 1.54) is 19.2 Å². The summed E-state index contributed by atoms with van der Waals surface area (Å²) in [5.41, 5.74) is -0.887.